The molecule has 0 saturated carbocycles. The zero-order valence-electron chi connectivity index (χ0n) is 17.9. The van der Waals surface area contributed by atoms with Gasteiger partial charge in [-0.15, -0.1) is 24.0 Å². The van der Waals surface area contributed by atoms with Gasteiger partial charge in [0.1, 0.15) is 0 Å². The molecule has 0 radical (unpaired) electrons. The third kappa shape index (κ3) is 9.56. The van der Waals surface area contributed by atoms with E-state index >= 15 is 0 Å². The average molecular weight is 503 g/mol. The van der Waals surface area contributed by atoms with Crippen molar-refractivity contribution in [2.75, 3.05) is 40.0 Å². The topological polar surface area (TPSA) is 54.9 Å². The molecule has 0 spiro atoms. The minimum atomic E-state index is 0. The molecule has 0 aromatic heterocycles. The van der Waals surface area contributed by atoms with Gasteiger partial charge in [-0.3, -0.25) is 4.99 Å². The van der Waals surface area contributed by atoms with Gasteiger partial charge in [-0.1, -0.05) is 45.0 Å². The van der Waals surface area contributed by atoms with Crippen LogP contribution in [0.5, 0.6) is 0 Å². The fourth-order valence-corrected chi connectivity index (χ4v) is 3.07. The molecule has 0 aliphatic carbocycles. The van der Waals surface area contributed by atoms with Gasteiger partial charge >= 0.3 is 0 Å². The number of nitrogens with one attached hydrogen (secondary N) is 2. The maximum absolute atomic E-state index is 5.80. The van der Waals surface area contributed by atoms with Crippen molar-refractivity contribution < 1.29 is 9.47 Å². The lowest BCUT2D eigenvalue weighted by Crippen LogP contribution is -2.37. The molecule has 2 rings (SSSR count). The van der Waals surface area contributed by atoms with E-state index in [2.05, 4.69) is 60.7 Å². The molecule has 0 unspecified atom stereocenters. The second-order valence-corrected chi connectivity index (χ2v) is 8.28. The Morgan fingerprint density at radius 2 is 1.82 bits per heavy atom. The summed E-state index contributed by atoms with van der Waals surface area (Å²) in [6.07, 6.45) is 3.24. The predicted octanol–water partition coefficient (Wildman–Crippen LogP) is 4.10. The molecule has 6 heteroatoms. The lowest BCUT2D eigenvalue weighted by molar-refractivity contribution is 0.0203. The van der Waals surface area contributed by atoms with E-state index in [0.717, 1.165) is 64.7 Å². The molecule has 1 heterocycles. The highest BCUT2D eigenvalue weighted by Crippen LogP contribution is 2.22. The highest BCUT2D eigenvalue weighted by Gasteiger charge is 2.14. The summed E-state index contributed by atoms with van der Waals surface area (Å²) in [5, 5.41) is 6.72. The van der Waals surface area contributed by atoms with Crippen molar-refractivity contribution in [1.82, 2.24) is 10.6 Å². The quantitative estimate of drug-likeness (QED) is 0.243. The summed E-state index contributed by atoms with van der Waals surface area (Å²) in [5.74, 6) is 1.50. The number of rotatable bonds is 8. The number of guanidine groups is 1. The van der Waals surface area contributed by atoms with Crippen LogP contribution in [-0.2, 0) is 21.4 Å². The number of halogens is 1. The summed E-state index contributed by atoms with van der Waals surface area (Å²) < 4.78 is 11.2. The van der Waals surface area contributed by atoms with Gasteiger partial charge in [0.05, 0.1) is 0 Å². The summed E-state index contributed by atoms with van der Waals surface area (Å²) in [6, 6.07) is 8.79. The molecule has 1 aromatic carbocycles. The average Bonchev–Trinajstić information content (AvgIpc) is 2.67. The van der Waals surface area contributed by atoms with Gasteiger partial charge in [0.2, 0.25) is 0 Å². The van der Waals surface area contributed by atoms with Crippen molar-refractivity contribution in [3.05, 3.63) is 35.4 Å². The standard InChI is InChI=1S/C22H37N3O2.HI/c1-22(2,3)20-8-6-18(7-9-20)16-25-21(23-4)24-12-5-13-27-17-19-10-14-26-15-11-19;/h6-9,19H,5,10-17H2,1-4H3,(H2,23,24,25);1H. The SMILES string of the molecule is CN=C(NCCCOCC1CCOCC1)NCc1ccc(C(C)(C)C)cc1.I. The van der Waals surface area contributed by atoms with Gasteiger partial charge in [-0.05, 0) is 41.7 Å². The Bertz CT molecular complexity index is 564. The highest BCUT2D eigenvalue weighted by molar-refractivity contribution is 14.0. The fourth-order valence-electron chi connectivity index (χ4n) is 3.07. The molecule has 1 aromatic rings. The number of nitrogens with zero attached hydrogens (tertiary/aromatic N) is 1. The van der Waals surface area contributed by atoms with Crippen LogP contribution in [-0.4, -0.2) is 46.0 Å². The Labute approximate surface area is 188 Å². The molecule has 28 heavy (non-hydrogen) atoms. The minimum Gasteiger partial charge on any atom is -0.381 e. The molecule has 1 aliphatic rings. The van der Waals surface area contributed by atoms with Crippen LogP contribution in [0.3, 0.4) is 0 Å². The summed E-state index contributed by atoms with van der Waals surface area (Å²) in [4.78, 5) is 4.29. The zero-order chi connectivity index (χ0) is 19.5. The minimum absolute atomic E-state index is 0. The van der Waals surface area contributed by atoms with E-state index in [1.54, 1.807) is 7.05 Å². The first-order valence-corrected chi connectivity index (χ1v) is 10.2. The molecule has 0 amide bonds. The lowest BCUT2D eigenvalue weighted by Gasteiger charge is -2.21. The van der Waals surface area contributed by atoms with E-state index in [1.807, 2.05) is 0 Å². The molecule has 160 valence electrons. The van der Waals surface area contributed by atoms with Crippen LogP contribution in [0, 0.1) is 5.92 Å². The van der Waals surface area contributed by atoms with Gasteiger partial charge in [0.15, 0.2) is 5.96 Å². The largest absolute Gasteiger partial charge is 0.381 e. The van der Waals surface area contributed by atoms with Crippen LogP contribution in [0.4, 0.5) is 0 Å². The maximum atomic E-state index is 5.80. The van der Waals surface area contributed by atoms with E-state index in [9.17, 15) is 0 Å². The Kier molecular flexibility index (Phi) is 12.0. The van der Waals surface area contributed by atoms with Crippen molar-refractivity contribution >= 4 is 29.9 Å². The van der Waals surface area contributed by atoms with Crippen molar-refractivity contribution in [3.8, 4) is 0 Å². The Morgan fingerprint density at radius 3 is 2.43 bits per heavy atom. The molecule has 2 N–H and O–H groups in total. The number of ether oxygens (including phenoxy) is 2. The van der Waals surface area contributed by atoms with Gasteiger partial charge < -0.3 is 20.1 Å². The third-order valence-corrected chi connectivity index (χ3v) is 4.96. The Morgan fingerprint density at radius 1 is 1.14 bits per heavy atom. The Balaban J connectivity index is 0.00000392. The second kappa shape index (κ2) is 13.4. The zero-order valence-corrected chi connectivity index (χ0v) is 20.3. The van der Waals surface area contributed by atoms with Crippen LogP contribution >= 0.6 is 24.0 Å². The van der Waals surface area contributed by atoms with Gasteiger partial charge in [-0.2, -0.15) is 0 Å². The van der Waals surface area contributed by atoms with E-state index < -0.39 is 0 Å². The van der Waals surface area contributed by atoms with Crippen LogP contribution in [0.25, 0.3) is 0 Å². The van der Waals surface area contributed by atoms with E-state index in [4.69, 9.17) is 9.47 Å². The molecule has 1 aliphatic heterocycles. The molecular formula is C22H38IN3O2. The predicted molar refractivity (Wildman–Crippen MR) is 128 cm³/mol. The van der Waals surface area contributed by atoms with Gasteiger partial charge in [0.25, 0.3) is 0 Å². The highest BCUT2D eigenvalue weighted by atomic mass is 127. The summed E-state index contributed by atoms with van der Waals surface area (Å²) in [5.41, 5.74) is 2.80. The molecule has 0 bridgehead atoms. The van der Waals surface area contributed by atoms with Crippen molar-refractivity contribution in [1.29, 1.82) is 0 Å². The van der Waals surface area contributed by atoms with E-state index in [0.29, 0.717) is 5.92 Å². The Hall–Kier alpha value is -0.860. The third-order valence-electron chi connectivity index (χ3n) is 4.96. The van der Waals surface area contributed by atoms with E-state index in [1.165, 1.54) is 11.1 Å². The van der Waals surface area contributed by atoms with Gasteiger partial charge in [0, 0.05) is 46.6 Å². The van der Waals surface area contributed by atoms with Crippen molar-refractivity contribution in [2.24, 2.45) is 10.9 Å². The number of benzene rings is 1. The van der Waals surface area contributed by atoms with Crippen molar-refractivity contribution in [2.45, 2.75) is 52.0 Å². The molecular weight excluding hydrogens is 465 g/mol. The van der Waals surface area contributed by atoms with Gasteiger partial charge in [-0.25, -0.2) is 0 Å². The lowest BCUT2D eigenvalue weighted by atomic mass is 9.87. The monoisotopic (exact) mass is 503 g/mol. The van der Waals surface area contributed by atoms with E-state index in [-0.39, 0.29) is 29.4 Å². The summed E-state index contributed by atoms with van der Waals surface area (Å²) in [7, 11) is 1.81. The first-order valence-electron chi connectivity index (χ1n) is 10.2. The smallest absolute Gasteiger partial charge is 0.191 e. The molecule has 0 atom stereocenters. The van der Waals surface area contributed by atoms with Crippen LogP contribution in [0.2, 0.25) is 0 Å². The maximum Gasteiger partial charge on any atom is 0.191 e. The van der Waals surface area contributed by atoms with Crippen LogP contribution in [0.1, 0.15) is 51.2 Å². The van der Waals surface area contributed by atoms with Crippen LogP contribution < -0.4 is 10.6 Å². The molecule has 5 nitrogen and oxygen atoms in total. The number of aliphatic imine (C=N–C) groups is 1. The first-order chi connectivity index (χ1) is 13.0. The normalized spacial score (nSPS) is 15.8. The second-order valence-electron chi connectivity index (χ2n) is 8.28. The van der Waals surface area contributed by atoms with Crippen LogP contribution in [0.15, 0.2) is 29.3 Å². The number of hydrogen-bond acceptors (Lipinski definition) is 3. The fraction of sp³-hybridized carbons (Fsp3) is 0.682. The summed E-state index contributed by atoms with van der Waals surface area (Å²) >= 11 is 0. The number of hydrogen-bond donors (Lipinski definition) is 2. The molecule has 1 fully saturated rings. The van der Waals surface area contributed by atoms with Crippen molar-refractivity contribution in [3.63, 3.8) is 0 Å². The summed E-state index contributed by atoms with van der Waals surface area (Å²) in [6.45, 7) is 11.8. The first kappa shape index (κ1) is 25.2. The molecule has 1 saturated heterocycles.